The normalized spacial score (nSPS) is 18.6. The fraction of sp³-hybridized carbons (Fsp3) is 0.353. The molecule has 10 heteroatoms. The van der Waals surface area contributed by atoms with Crippen LogP contribution in [0.3, 0.4) is 0 Å². The molecule has 0 N–H and O–H groups in total. The minimum atomic E-state index is -3.69. The summed E-state index contributed by atoms with van der Waals surface area (Å²) in [6, 6.07) is 9.74. The van der Waals surface area contributed by atoms with Gasteiger partial charge in [0, 0.05) is 26.2 Å². The number of nitrogens with zero attached hydrogens (tertiary/aromatic N) is 5. The van der Waals surface area contributed by atoms with Gasteiger partial charge in [0.05, 0.1) is 19.3 Å². The second kappa shape index (κ2) is 7.22. The molecular weight excluding hydrogens is 370 g/mol. The van der Waals surface area contributed by atoms with Crippen LogP contribution in [-0.4, -0.2) is 52.4 Å². The first-order chi connectivity index (χ1) is 13.0. The van der Waals surface area contributed by atoms with Gasteiger partial charge in [0.1, 0.15) is 11.0 Å². The van der Waals surface area contributed by atoms with E-state index in [0.29, 0.717) is 12.4 Å². The summed E-state index contributed by atoms with van der Waals surface area (Å²) in [6.45, 7) is 2.81. The van der Waals surface area contributed by atoms with Crippen LogP contribution in [0.5, 0.6) is 0 Å². The van der Waals surface area contributed by atoms with Crippen LogP contribution in [0.4, 0.5) is 0 Å². The summed E-state index contributed by atoms with van der Waals surface area (Å²) in [5, 5.41) is 11.9. The maximum atomic E-state index is 13.0. The number of benzene rings is 1. The molecule has 3 aromatic rings. The van der Waals surface area contributed by atoms with E-state index in [4.69, 9.17) is 9.15 Å². The van der Waals surface area contributed by atoms with Crippen molar-refractivity contribution in [2.75, 3.05) is 19.7 Å². The van der Waals surface area contributed by atoms with E-state index in [1.807, 2.05) is 30.3 Å². The van der Waals surface area contributed by atoms with E-state index in [1.165, 1.54) is 10.5 Å². The molecule has 0 aliphatic carbocycles. The molecule has 4 rings (SSSR count). The van der Waals surface area contributed by atoms with Crippen molar-refractivity contribution < 1.29 is 17.6 Å². The highest BCUT2D eigenvalue weighted by atomic mass is 32.2. The van der Waals surface area contributed by atoms with Gasteiger partial charge in [-0.05, 0) is 5.56 Å². The number of morpholine rings is 1. The number of aryl methyl sites for hydroxylation is 1. The maximum Gasteiger partial charge on any atom is 0.246 e. The van der Waals surface area contributed by atoms with Gasteiger partial charge in [-0.3, -0.25) is 4.68 Å². The van der Waals surface area contributed by atoms with E-state index in [1.54, 1.807) is 17.8 Å². The molecule has 0 radical (unpaired) electrons. The van der Waals surface area contributed by atoms with Gasteiger partial charge in [-0.25, -0.2) is 8.42 Å². The Kier molecular flexibility index (Phi) is 4.77. The highest BCUT2D eigenvalue weighted by Gasteiger charge is 2.34. The lowest BCUT2D eigenvalue weighted by molar-refractivity contribution is -0.0176. The number of aromatic nitrogens is 4. The van der Waals surface area contributed by atoms with Crippen molar-refractivity contribution in [3.8, 4) is 0 Å². The monoisotopic (exact) mass is 389 g/mol. The molecule has 0 amide bonds. The molecule has 142 valence electrons. The number of hydrogen-bond acceptors (Lipinski definition) is 7. The quantitative estimate of drug-likeness (QED) is 0.649. The summed E-state index contributed by atoms with van der Waals surface area (Å²) >= 11 is 0. The van der Waals surface area contributed by atoms with Gasteiger partial charge in [0.15, 0.2) is 0 Å². The zero-order valence-electron chi connectivity index (χ0n) is 14.7. The smallest absolute Gasteiger partial charge is 0.246 e. The minimum absolute atomic E-state index is 0.119. The molecule has 9 nitrogen and oxygen atoms in total. The average Bonchev–Trinajstić information content (AvgIpc) is 3.32. The fourth-order valence-corrected chi connectivity index (χ4v) is 4.30. The van der Waals surface area contributed by atoms with Crippen molar-refractivity contribution in [2.24, 2.45) is 0 Å². The fourth-order valence-electron chi connectivity index (χ4n) is 2.92. The topological polar surface area (TPSA) is 103 Å². The molecule has 0 spiro atoms. The van der Waals surface area contributed by atoms with Crippen LogP contribution >= 0.6 is 0 Å². The van der Waals surface area contributed by atoms with Gasteiger partial charge < -0.3 is 9.15 Å². The van der Waals surface area contributed by atoms with Crippen molar-refractivity contribution >= 4 is 10.0 Å². The molecule has 1 atom stereocenters. The van der Waals surface area contributed by atoms with Crippen molar-refractivity contribution in [2.45, 2.75) is 24.5 Å². The van der Waals surface area contributed by atoms with E-state index < -0.39 is 16.1 Å². The molecule has 2 aromatic heterocycles. The molecule has 27 heavy (non-hydrogen) atoms. The predicted molar refractivity (Wildman–Crippen MR) is 94.3 cm³/mol. The lowest BCUT2D eigenvalue weighted by Crippen LogP contribution is -2.42. The average molecular weight is 389 g/mol. The lowest BCUT2D eigenvalue weighted by atomic mass is 10.2. The van der Waals surface area contributed by atoms with Crippen molar-refractivity contribution in [3.63, 3.8) is 0 Å². The maximum absolute atomic E-state index is 13.0. The molecule has 1 fully saturated rings. The van der Waals surface area contributed by atoms with Crippen molar-refractivity contribution in [3.05, 3.63) is 60.1 Å². The summed E-state index contributed by atoms with van der Waals surface area (Å²) in [7, 11) is -3.69. The summed E-state index contributed by atoms with van der Waals surface area (Å²) in [5.41, 5.74) is 1.04. The molecule has 3 heterocycles. The van der Waals surface area contributed by atoms with Gasteiger partial charge in [-0.15, -0.1) is 10.2 Å². The molecule has 1 aromatic carbocycles. The van der Waals surface area contributed by atoms with Gasteiger partial charge in [0.25, 0.3) is 0 Å². The van der Waals surface area contributed by atoms with Gasteiger partial charge >= 0.3 is 0 Å². The summed E-state index contributed by atoms with van der Waals surface area (Å²) < 4.78 is 39.9. The molecular formula is C17H19N5O4S. The lowest BCUT2D eigenvalue weighted by Gasteiger charge is -2.29. The van der Waals surface area contributed by atoms with E-state index in [-0.39, 0.29) is 30.5 Å². The Morgan fingerprint density at radius 1 is 1.22 bits per heavy atom. The van der Waals surface area contributed by atoms with Crippen molar-refractivity contribution in [1.29, 1.82) is 0 Å². The number of ether oxygens (including phenoxy) is 1. The van der Waals surface area contributed by atoms with Gasteiger partial charge in [0.2, 0.25) is 21.8 Å². The zero-order chi connectivity index (χ0) is 18.9. The molecule has 1 saturated heterocycles. The Morgan fingerprint density at radius 2 is 2.04 bits per heavy atom. The molecule has 1 aliphatic rings. The Bertz CT molecular complexity index is 1010. The van der Waals surface area contributed by atoms with Crippen LogP contribution in [0.2, 0.25) is 0 Å². The molecule has 1 aliphatic heterocycles. The standard InChI is InChI=1S/C17H19N5O4S/c1-13-19-20-17(26-13)16-12-22(7-8-25-16)27(23,24)15-9-18-21(11-15)10-14-5-3-2-4-6-14/h2-6,9,11,16H,7-8,10,12H2,1H3. The Morgan fingerprint density at radius 3 is 2.78 bits per heavy atom. The van der Waals surface area contributed by atoms with E-state index in [0.717, 1.165) is 5.56 Å². The van der Waals surface area contributed by atoms with Crippen LogP contribution in [0, 0.1) is 6.92 Å². The Labute approximate surface area is 156 Å². The van der Waals surface area contributed by atoms with E-state index in [9.17, 15) is 8.42 Å². The molecule has 1 unspecified atom stereocenters. The van der Waals surface area contributed by atoms with Crippen LogP contribution in [-0.2, 0) is 21.3 Å². The van der Waals surface area contributed by atoms with E-state index in [2.05, 4.69) is 15.3 Å². The first-order valence-electron chi connectivity index (χ1n) is 8.50. The predicted octanol–water partition coefficient (Wildman–Crippen LogP) is 1.39. The van der Waals surface area contributed by atoms with Crippen LogP contribution in [0.15, 0.2) is 52.0 Å². The molecule has 0 bridgehead atoms. The third kappa shape index (κ3) is 3.77. The number of sulfonamides is 1. The summed E-state index contributed by atoms with van der Waals surface area (Å²) in [5.74, 6) is 0.697. The SMILES string of the molecule is Cc1nnc(C2CN(S(=O)(=O)c3cnn(Cc4ccccc4)c3)CCO2)o1. The van der Waals surface area contributed by atoms with Crippen LogP contribution in [0.25, 0.3) is 0 Å². The highest BCUT2D eigenvalue weighted by molar-refractivity contribution is 7.89. The number of rotatable bonds is 5. The zero-order valence-corrected chi connectivity index (χ0v) is 15.5. The van der Waals surface area contributed by atoms with Gasteiger partial charge in [-0.1, -0.05) is 30.3 Å². The minimum Gasteiger partial charge on any atom is -0.423 e. The Hall–Kier alpha value is -2.56. The second-order valence-electron chi connectivity index (χ2n) is 6.24. The van der Waals surface area contributed by atoms with Crippen molar-refractivity contribution in [1.82, 2.24) is 24.3 Å². The third-order valence-electron chi connectivity index (χ3n) is 4.28. The van der Waals surface area contributed by atoms with Gasteiger partial charge in [-0.2, -0.15) is 9.40 Å². The van der Waals surface area contributed by atoms with E-state index >= 15 is 0 Å². The first kappa shape index (κ1) is 17.8. The highest BCUT2D eigenvalue weighted by Crippen LogP contribution is 2.25. The summed E-state index contributed by atoms with van der Waals surface area (Å²) in [4.78, 5) is 0.154. The van der Waals surface area contributed by atoms with Crippen LogP contribution < -0.4 is 0 Å². The van der Waals surface area contributed by atoms with Crippen LogP contribution in [0.1, 0.15) is 23.4 Å². The first-order valence-corrected chi connectivity index (χ1v) is 9.94. The number of hydrogen-bond donors (Lipinski definition) is 0. The second-order valence-corrected chi connectivity index (χ2v) is 8.18. The summed E-state index contributed by atoms with van der Waals surface area (Å²) in [6.07, 6.45) is 2.34. The third-order valence-corrected chi connectivity index (χ3v) is 6.10. The largest absolute Gasteiger partial charge is 0.423 e. The molecule has 0 saturated carbocycles. The Balaban J connectivity index is 1.51.